The summed E-state index contributed by atoms with van der Waals surface area (Å²) in [6, 6.07) is 9.53. The Kier molecular flexibility index (Phi) is 5.94. The summed E-state index contributed by atoms with van der Waals surface area (Å²) in [5, 5.41) is 3.63. The van der Waals surface area contributed by atoms with E-state index >= 15 is 0 Å². The molecule has 1 aliphatic rings. The van der Waals surface area contributed by atoms with Crippen LogP contribution in [0.3, 0.4) is 0 Å². The van der Waals surface area contributed by atoms with Crippen LogP contribution in [0.1, 0.15) is 77.2 Å². The molecule has 0 aliphatic carbocycles. The van der Waals surface area contributed by atoms with Gasteiger partial charge in [-0.3, -0.25) is 0 Å². The van der Waals surface area contributed by atoms with Crippen molar-refractivity contribution in [2.45, 2.75) is 77.7 Å². The monoisotopic (exact) mass is 273 g/mol. The lowest BCUT2D eigenvalue weighted by Gasteiger charge is -2.32. The third-order valence-corrected chi connectivity index (χ3v) is 4.91. The first-order valence-electron chi connectivity index (χ1n) is 8.60. The van der Waals surface area contributed by atoms with E-state index in [1.807, 2.05) is 0 Å². The molecule has 0 aromatic heterocycles. The van der Waals surface area contributed by atoms with E-state index in [2.05, 4.69) is 50.4 Å². The molecule has 2 rings (SSSR count). The van der Waals surface area contributed by atoms with Crippen molar-refractivity contribution >= 4 is 5.69 Å². The van der Waals surface area contributed by atoms with Gasteiger partial charge >= 0.3 is 0 Å². The molecule has 1 heteroatoms. The number of benzene rings is 1. The van der Waals surface area contributed by atoms with Crippen molar-refractivity contribution in [2.24, 2.45) is 5.92 Å². The number of rotatable bonds is 7. The van der Waals surface area contributed by atoms with Crippen LogP contribution in [-0.4, -0.2) is 6.04 Å². The smallest absolute Gasteiger partial charge is 0.0377 e. The normalized spacial score (nSPS) is 22.9. The average molecular weight is 273 g/mol. The Morgan fingerprint density at radius 3 is 2.75 bits per heavy atom. The third kappa shape index (κ3) is 4.01. The van der Waals surface area contributed by atoms with E-state index < -0.39 is 0 Å². The minimum absolute atomic E-state index is 0.616. The number of hydrogen-bond donors (Lipinski definition) is 1. The molecule has 0 spiro atoms. The molecule has 3 atom stereocenters. The number of nitrogens with one attached hydrogen (secondary N) is 1. The highest BCUT2D eigenvalue weighted by Crippen LogP contribution is 2.38. The summed E-state index contributed by atoms with van der Waals surface area (Å²) in [7, 11) is 0. The molecule has 1 heterocycles. The van der Waals surface area contributed by atoms with E-state index in [1.165, 1.54) is 50.6 Å². The van der Waals surface area contributed by atoms with Crippen LogP contribution in [0.4, 0.5) is 5.69 Å². The first-order valence-corrected chi connectivity index (χ1v) is 8.60. The maximum atomic E-state index is 3.63. The molecule has 3 unspecified atom stereocenters. The van der Waals surface area contributed by atoms with Crippen molar-refractivity contribution in [1.29, 1.82) is 0 Å². The van der Waals surface area contributed by atoms with Gasteiger partial charge < -0.3 is 5.32 Å². The van der Waals surface area contributed by atoms with E-state index in [-0.39, 0.29) is 0 Å². The number of unbranched alkanes of at least 4 members (excludes halogenated alkanes) is 1. The molecule has 20 heavy (non-hydrogen) atoms. The Bertz CT molecular complexity index is 399. The number of para-hydroxylation sites is 1. The largest absolute Gasteiger partial charge is 0.382 e. The quantitative estimate of drug-likeness (QED) is 0.645. The van der Waals surface area contributed by atoms with Crippen LogP contribution in [0.25, 0.3) is 0 Å². The predicted molar refractivity (Wildman–Crippen MR) is 89.4 cm³/mol. The second-order valence-corrected chi connectivity index (χ2v) is 6.56. The minimum atomic E-state index is 0.616. The first kappa shape index (κ1) is 15.4. The molecular formula is C19H31N. The highest BCUT2D eigenvalue weighted by atomic mass is 14.9. The summed E-state index contributed by atoms with van der Waals surface area (Å²) in [4.78, 5) is 0. The first-order chi connectivity index (χ1) is 9.74. The molecular weight excluding hydrogens is 242 g/mol. The molecule has 0 amide bonds. The van der Waals surface area contributed by atoms with E-state index in [0.29, 0.717) is 6.04 Å². The Labute approximate surface area is 125 Å². The Morgan fingerprint density at radius 1 is 1.20 bits per heavy atom. The number of anilines is 1. The van der Waals surface area contributed by atoms with Gasteiger partial charge in [-0.05, 0) is 49.7 Å². The lowest BCUT2D eigenvalue weighted by Crippen LogP contribution is -2.25. The van der Waals surface area contributed by atoms with Gasteiger partial charge in [0, 0.05) is 11.7 Å². The topological polar surface area (TPSA) is 12.0 Å². The molecule has 0 fully saturated rings. The Balaban J connectivity index is 1.95. The predicted octanol–water partition coefficient (Wildman–Crippen LogP) is 5.97. The van der Waals surface area contributed by atoms with Crippen LogP contribution in [0.5, 0.6) is 0 Å². The molecule has 112 valence electrons. The van der Waals surface area contributed by atoms with Gasteiger partial charge in [-0.25, -0.2) is 0 Å². The van der Waals surface area contributed by atoms with Crippen LogP contribution < -0.4 is 5.32 Å². The van der Waals surface area contributed by atoms with Crippen molar-refractivity contribution in [3.63, 3.8) is 0 Å². The molecule has 1 nitrogen and oxygen atoms in total. The molecule has 0 saturated carbocycles. The number of hydrogen-bond acceptors (Lipinski definition) is 1. The van der Waals surface area contributed by atoms with E-state index in [0.717, 1.165) is 11.8 Å². The lowest BCUT2D eigenvalue weighted by molar-refractivity contribution is 0.379. The van der Waals surface area contributed by atoms with Gasteiger partial charge in [0.25, 0.3) is 0 Å². The van der Waals surface area contributed by atoms with Gasteiger partial charge in [0.05, 0.1) is 0 Å². The summed E-state index contributed by atoms with van der Waals surface area (Å²) in [5.41, 5.74) is 2.92. The maximum absolute atomic E-state index is 3.63. The highest BCUT2D eigenvalue weighted by molar-refractivity contribution is 5.55. The van der Waals surface area contributed by atoms with E-state index in [1.54, 1.807) is 5.56 Å². The van der Waals surface area contributed by atoms with Crippen molar-refractivity contribution in [3.05, 3.63) is 29.8 Å². The number of fused-ring (bicyclic) bond motifs is 1. The zero-order chi connectivity index (χ0) is 14.4. The molecule has 1 N–H and O–H groups in total. The standard InChI is InChI=1S/C19H31N/c1-4-6-9-16(5-2)12-13-17-14-15(3)20-19-11-8-7-10-18(17)19/h7-8,10-11,15-17,20H,4-6,9,12-14H2,1-3H3. The zero-order valence-electron chi connectivity index (χ0n) is 13.5. The third-order valence-electron chi connectivity index (χ3n) is 4.91. The molecule has 0 radical (unpaired) electrons. The fourth-order valence-corrected chi connectivity index (χ4v) is 3.62. The van der Waals surface area contributed by atoms with Gasteiger partial charge in [0.2, 0.25) is 0 Å². The molecule has 1 aliphatic heterocycles. The summed E-state index contributed by atoms with van der Waals surface area (Å²) >= 11 is 0. The van der Waals surface area contributed by atoms with Gasteiger partial charge in [0.1, 0.15) is 0 Å². The maximum Gasteiger partial charge on any atom is 0.0377 e. The van der Waals surface area contributed by atoms with Crippen LogP contribution in [0.15, 0.2) is 24.3 Å². The van der Waals surface area contributed by atoms with Crippen LogP contribution in [-0.2, 0) is 0 Å². The SMILES string of the molecule is CCCCC(CC)CCC1CC(C)Nc2ccccc21. The fraction of sp³-hybridized carbons (Fsp3) is 0.684. The molecule has 1 aromatic rings. The van der Waals surface area contributed by atoms with Crippen molar-refractivity contribution in [1.82, 2.24) is 0 Å². The molecule has 0 bridgehead atoms. The summed E-state index contributed by atoms with van der Waals surface area (Å²) < 4.78 is 0. The van der Waals surface area contributed by atoms with Gasteiger partial charge in [-0.15, -0.1) is 0 Å². The summed E-state index contributed by atoms with van der Waals surface area (Å²) in [6.07, 6.45) is 9.58. The Morgan fingerprint density at radius 2 is 2.00 bits per heavy atom. The second kappa shape index (κ2) is 7.71. The van der Waals surface area contributed by atoms with Gasteiger partial charge in [-0.1, -0.05) is 57.7 Å². The summed E-state index contributed by atoms with van der Waals surface area (Å²) in [6.45, 7) is 6.98. The lowest BCUT2D eigenvalue weighted by atomic mass is 9.81. The van der Waals surface area contributed by atoms with Crippen molar-refractivity contribution < 1.29 is 0 Å². The van der Waals surface area contributed by atoms with E-state index in [9.17, 15) is 0 Å². The van der Waals surface area contributed by atoms with Crippen LogP contribution in [0, 0.1) is 5.92 Å². The van der Waals surface area contributed by atoms with Gasteiger partial charge in [0.15, 0.2) is 0 Å². The summed E-state index contributed by atoms with van der Waals surface area (Å²) in [5.74, 6) is 1.70. The zero-order valence-corrected chi connectivity index (χ0v) is 13.5. The highest BCUT2D eigenvalue weighted by Gasteiger charge is 2.24. The van der Waals surface area contributed by atoms with Gasteiger partial charge in [-0.2, -0.15) is 0 Å². The minimum Gasteiger partial charge on any atom is -0.382 e. The second-order valence-electron chi connectivity index (χ2n) is 6.56. The van der Waals surface area contributed by atoms with E-state index in [4.69, 9.17) is 0 Å². The average Bonchev–Trinajstić information content (AvgIpc) is 2.47. The molecule has 0 saturated heterocycles. The van der Waals surface area contributed by atoms with Crippen LogP contribution in [0.2, 0.25) is 0 Å². The fourth-order valence-electron chi connectivity index (χ4n) is 3.62. The van der Waals surface area contributed by atoms with Crippen molar-refractivity contribution in [3.8, 4) is 0 Å². The molecule has 1 aromatic carbocycles. The Hall–Kier alpha value is -0.980. The van der Waals surface area contributed by atoms with Crippen LogP contribution >= 0.6 is 0 Å². The van der Waals surface area contributed by atoms with Crippen molar-refractivity contribution in [2.75, 3.05) is 5.32 Å².